The molecule has 0 atom stereocenters. The SMILES string of the molecule is O=C(Nc1cccc(F)c1)Nc1ncccc1OCc1ccccc1Cl. The van der Waals surface area contributed by atoms with Crippen molar-refractivity contribution in [3.05, 3.63) is 83.3 Å². The lowest BCUT2D eigenvalue weighted by Gasteiger charge is -2.12. The van der Waals surface area contributed by atoms with Gasteiger partial charge in [-0.3, -0.25) is 5.32 Å². The normalized spacial score (nSPS) is 10.2. The molecule has 26 heavy (non-hydrogen) atoms. The molecule has 0 bridgehead atoms. The van der Waals surface area contributed by atoms with E-state index < -0.39 is 11.8 Å². The maximum atomic E-state index is 13.2. The molecule has 0 unspecified atom stereocenters. The molecule has 0 aliphatic carbocycles. The van der Waals surface area contributed by atoms with Crippen LogP contribution in [0.3, 0.4) is 0 Å². The number of halogens is 2. The lowest BCUT2D eigenvalue weighted by atomic mass is 10.2. The van der Waals surface area contributed by atoms with Crippen molar-refractivity contribution >= 4 is 29.1 Å². The Morgan fingerprint density at radius 1 is 1.08 bits per heavy atom. The van der Waals surface area contributed by atoms with Crippen molar-refractivity contribution in [1.82, 2.24) is 4.98 Å². The number of pyridine rings is 1. The average Bonchev–Trinajstić information content (AvgIpc) is 2.62. The molecule has 0 aliphatic heterocycles. The number of aromatic nitrogens is 1. The summed E-state index contributed by atoms with van der Waals surface area (Å²) < 4.78 is 18.9. The van der Waals surface area contributed by atoms with Crippen molar-refractivity contribution in [3.8, 4) is 5.75 Å². The number of anilines is 2. The smallest absolute Gasteiger partial charge is 0.324 e. The molecule has 0 fully saturated rings. The molecule has 0 saturated heterocycles. The van der Waals surface area contributed by atoms with Crippen LogP contribution in [0.4, 0.5) is 20.7 Å². The van der Waals surface area contributed by atoms with Gasteiger partial charge in [0.25, 0.3) is 0 Å². The lowest BCUT2D eigenvalue weighted by molar-refractivity contribution is 0.261. The van der Waals surface area contributed by atoms with Gasteiger partial charge in [0.15, 0.2) is 11.6 Å². The third-order valence-electron chi connectivity index (χ3n) is 3.43. The highest BCUT2D eigenvalue weighted by atomic mass is 35.5. The fraction of sp³-hybridized carbons (Fsp3) is 0.0526. The number of hydrogen-bond donors (Lipinski definition) is 2. The topological polar surface area (TPSA) is 63.2 Å². The van der Waals surface area contributed by atoms with Gasteiger partial charge in [0, 0.05) is 22.5 Å². The Morgan fingerprint density at radius 3 is 2.73 bits per heavy atom. The van der Waals surface area contributed by atoms with Crippen LogP contribution in [-0.2, 0) is 6.61 Å². The Balaban J connectivity index is 1.67. The average molecular weight is 372 g/mol. The summed E-state index contributed by atoms with van der Waals surface area (Å²) in [6.07, 6.45) is 1.53. The molecule has 3 rings (SSSR count). The molecule has 1 aromatic heterocycles. The van der Waals surface area contributed by atoms with E-state index in [9.17, 15) is 9.18 Å². The molecular formula is C19H15ClFN3O2. The van der Waals surface area contributed by atoms with Crippen LogP contribution in [0.2, 0.25) is 5.02 Å². The van der Waals surface area contributed by atoms with Crippen molar-refractivity contribution in [2.24, 2.45) is 0 Å². The second-order valence-corrected chi connectivity index (χ2v) is 5.73. The quantitative estimate of drug-likeness (QED) is 0.656. The van der Waals surface area contributed by atoms with Gasteiger partial charge in [0.2, 0.25) is 0 Å². The highest BCUT2D eigenvalue weighted by Crippen LogP contribution is 2.24. The third kappa shape index (κ3) is 4.70. The van der Waals surface area contributed by atoms with Crippen LogP contribution in [-0.4, -0.2) is 11.0 Å². The largest absolute Gasteiger partial charge is 0.485 e. The van der Waals surface area contributed by atoms with Crippen LogP contribution >= 0.6 is 11.6 Å². The standard InChI is InChI=1S/C19H15ClFN3O2/c20-16-8-2-1-5-13(16)12-26-17-9-4-10-22-18(17)24-19(25)23-15-7-3-6-14(21)11-15/h1-11H,12H2,(H2,22,23,24,25). The zero-order valence-electron chi connectivity index (χ0n) is 13.6. The maximum Gasteiger partial charge on any atom is 0.324 e. The Hall–Kier alpha value is -3.12. The molecule has 132 valence electrons. The van der Waals surface area contributed by atoms with E-state index >= 15 is 0 Å². The van der Waals surface area contributed by atoms with Crippen LogP contribution in [0.5, 0.6) is 5.75 Å². The summed E-state index contributed by atoms with van der Waals surface area (Å²) >= 11 is 6.11. The number of nitrogens with zero attached hydrogens (tertiary/aromatic N) is 1. The van der Waals surface area contributed by atoms with Crippen LogP contribution < -0.4 is 15.4 Å². The van der Waals surface area contributed by atoms with E-state index in [2.05, 4.69) is 15.6 Å². The highest BCUT2D eigenvalue weighted by Gasteiger charge is 2.10. The van der Waals surface area contributed by atoms with Gasteiger partial charge in [0.05, 0.1) is 0 Å². The van der Waals surface area contributed by atoms with E-state index in [-0.39, 0.29) is 12.4 Å². The summed E-state index contributed by atoms with van der Waals surface area (Å²) in [5.41, 5.74) is 1.14. The molecule has 3 aromatic rings. The number of urea groups is 1. The monoisotopic (exact) mass is 371 g/mol. The molecule has 1 heterocycles. The second-order valence-electron chi connectivity index (χ2n) is 5.32. The minimum Gasteiger partial charge on any atom is -0.485 e. The molecule has 0 radical (unpaired) electrons. The maximum absolute atomic E-state index is 13.2. The molecular weight excluding hydrogens is 357 g/mol. The number of carbonyl (C=O) groups is 1. The molecule has 2 N–H and O–H groups in total. The van der Waals surface area contributed by atoms with E-state index in [4.69, 9.17) is 16.3 Å². The summed E-state index contributed by atoms with van der Waals surface area (Å²) in [6, 6.07) is 15.7. The Labute approximate surface area is 154 Å². The fourth-order valence-corrected chi connectivity index (χ4v) is 2.40. The zero-order chi connectivity index (χ0) is 18.4. The highest BCUT2D eigenvalue weighted by molar-refractivity contribution is 6.31. The first-order chi connectivity index (χ1) is 12.6. The van der Waals surface area contributed by atoms with Crippen LogP contribution in [0.1, 0.15) is 5.56 Å². The van der Waals surface area contributed by atoms with Crippen molar-refractivity contribution in [2.75, 3.05) is 10.6 Å². The zero-order valence-corrected chi connectivity index (χ0v) is 14.3. The fourth-order valence-electron chi connectivity index (χ4n) is 2.21. The minimum absolute atomic E-state index is 0.228. The Morgan fingerprint density at radius 2 is 1.92 bits per heavy atom. The van der Waals surface area contributed by atoms with Crippen molar-refractivity contribution in [1.29, 1.82) is 0 Å². The Bertz CT molecular complexity index is 921. The van der Waals surface area contributed by atoms with Crippen molar-refractivity contribution in [3.63, 3.8) is 0 Å². The number of ether oxygens (including phenoxy) is 1. The van der Waals surface area contributed by atoms with E-state index in [1.807, 2.05) is 18.2 Å². The second kappa shape index (κ2) is 8.31. The summed E-state index contributed by atoms with van der Waals surface area (Å²) in [6.45, 7) is 0.228. The first-order valence-corrected chi connectivity index (χ1v) is 8.14. The van der Waals surface area contributed by atoms with Crippen LogP contribution in [0.15, 0.2) is 66.9 Å². The first-order valence-electron chi connectivity index (χ1n) is 7.76. The van der Waals surface area contributed by atoms with Gasteiger partial charge in [-0.2, -0.15) is 0 Å². The summed E-state index contributed by atoms with van der Waals surface area (Å²) in [5, 5.41) is 5.71. The number of nitrogens with one attached hydrogen (secondary N) is 2. The van der Waals surface area contributed by atoms with Gasteiger partial charge in [0.1, 0.15) is 12.4 Å². The minimum atomic E-state index is -0.558. The number of rotatable bonds is 5. The van der Waals surface area contributed by atoms with E-state index in [1.54, 1.807) is 24.3 Å². The van der Waals surface area contributed by atoms with Gasteiger partial charge in [-0.1, -0.05) is 35.9 Å². The number of hydrogen-bond acceptors (Lipinski definition) is 3. The van der Waals surface area contributed by atoms with Gasteiger partial charge >= 0.3 is 6.03 Å². The molecule has 2 amide bonds. The van der Waals surface area contributed by atoms with Gasteiger partial charge in [-0.25, -0.2) is 14.2 Å². The summed E-state index contributed by atoms with van der Waals surface area (Å²) in [4.78, 5) is 16.2. The molecule has 0 aliphatic rings. The molecule has 0 spiro atoms. The first kappa shape index (κ1) is 17.7. The third-order valence-corrected chi connectivity index (χ3v) is 3.79. The van der Waals surface area contributed by atoms with Crippen molar-refractivity contribution < 1.29 is 13.9 Å². The summed E-state index contributed by atoms with van der Waals surface area (Å²) in [5.74, 6) is 0.194. The van der Waals surface area contributed by atoms with Crippen LogP contribution in [0.25, 0.3) is 0 Å². The van der Waals surface area contributed by atoms with E-state index in [1.165, 1.54) is 24.4 Å². The van der Waals surface area contributed by atoms with Crippen LogP contribution in [0, 0.1) is 5.82 Å². The molecule has 0 saturated carbocycles. The molecule has 2 aromatic carbocycles. The van der Waals surface area contributed by atoms with Gasteiger partial charge in [-0.05, 0) is 36.4 Å². The molecule has 5 nitrogen and oxygen atoms in total. The number of carbonyl (C=O) groups excluding carboxylic acids is 1. The summed E-state index contributed by atoms with van der Waals surface area (Å²) in [7, 11) is 0. The number of amides is 2. The van der Waals surface area contributed by atoms with E-state index in [0.29, 0.717) is 16.5 Å². The van der Waals surface area contributed by atoms with Gasteiger partial charge < -0.3 is 10.1 Å². The van der Waals surface area contributed by atoms with Gasteiger partial charge in [-0.15, -0.1) is 0 Å². The molecule has 7 heteroatoms. The predicted octanol–water partition coefficient (Wildman–Crippen LogP) is 5.10. The predicted molar refractivity (Wildman–Crippen MR) is 99.1 cm³/mol. The number of benzene rings is 2. The van der Waals surface area contributed by atoms with E-state index in [0.717, 1.165) is 5.56 Å². The van der Waals surface area contributed by atoms with Crippen molar-refractivity contribution in [2.45, 2.75) is 6.61 Å². The Kier molecular flexibility index (Phi) is 5.66. The lowest BCUT2D eigenvalue weighted by Crippen LogP contribution is -2.20.